The van der Waals surface area contributed by atoms with Crippen LogP contribution in [0.4, 0.5) is 18.9 Å². The zero-order chi connectivity index (χ0) is 28.8. The van der Waals surface area contributed by atoms with Gasteiger partial charge < -0.3 is 14.9 Å². The Morgan fingerprint density at radius 1 is 0.950 bits per heavy atom. The largest absolute Gasteiger partial charge is 0.481 e. The molecule has 0 saturated heterocycles. The molecule has 2 heterocycles. The summed E-state index contributed by atoms with van der Waals surface area (Å²) in [4.78, 5) is 42.5. The van der Waals surface area contributed by atoms with Gasteiger partial charge in [0.1, 0.15) is 6.04 Å². The molecule has 1 N–H and O–H groups in total. The van der Waals surface area contributed by atoms with Gasteiger partial charge in [0.25, 0.3) is 11.8 Å². The smallest absolute Gasteiger partial charge is 0.416 e. The van der Waals surface area contributed by atoms with Crippen LogP contribution in [0.25, 0.3) is 0 Å². The summed E-state index contributed by atoms with van der Waals surface area (Å²) in [6.45, 7) is 2.09. The Labute approximate surface area is 234 Å². The number of carboxylic acids is 1. The third kappa shape index (κ3) is 4.94. The molecular weight excluding hydrogens is 545 g/mol. The van der Waals surface area contributed by atoms with E-state index in [1.165, 1.54) is 15.9 Å². The standard InChI is InChI=1S/C30H26ClF3N2O4/c1-2-17-6-13-24-23(15-17)28(39)36-26(18-7-10-20(31)11-8-18)22-16-19(30(32,33)34)9-12-21(22)27(36)29(40)35(24)14-4-3-5-25(37)38/h6-13,15-16,26-27H,2-5,14H2,1H3,(H,37,38)/t26-,27-/m0/s1. The number of benzene rings is 3. The van der Waals surface area contributed by atoms with Crippen LogP contribution in [0.2, 0.25) is 5.02 Å². The van der Waals surface area contributed by atoms with Crippen LogP contribution < -0.4 is 4.90 Å². The molecule has 3 aromatic carbocycles. The third-order valence-corrected chi connectivity index (χ3v) is 7.74. The van der Waals surface area contributed by atoms with Gasteiger partial charge in [-0.15, -0.1) is 0 Å². The van der Waals surface area contributed by atoms with E-state index in [-0.39, 0.29) is 24.1 Å². The summed E-state index contributed by atoms with van der Waals surface area (Å²) in [6, 6.07) is 12.9. The van der Waals surface area contributed by atoms with Crippen LogP contribution in [0.3, 0.4) is 0 Å². The number of hydrogen-bond acceptors (Lipinski definition) is 3. The number of anilines is 1. The van der Waals surface area contributed by atoms with E-state index in [0.29, 0.717) is 41.1 Å². The van der Waals surface area contributed by atoms with Crippen LogP contribution in [0.1, 0.15) is 76.4 Å². The highest BCUT2D eigenvalue weighted by Crippen LogP contribution is 2.51. The van der Waals surface area contributed by atoms with E-state index >= 15 is 0 Å². The van der Waals surface area contributed by atoms with Crippen LogP contribution in [0, 0.1) is 0 Å². The molecule has 6 nitrogen and oxygen atoms in total. The van der Waals surface area contributed by atoms with Crippen molar-refractivity contribution in [1.82, 2.24) is 4.90 Å². The number of halogens is 4. The molecule has 0 spiro atoms. The lowest BCUT2D eigenvalue weighted by Crippen LogP contribution is -2.40. The van der Waals surface area contributed by atoms with Crippen LogP contribution in [-0.4, -0.2) is 34.3 Å². The molecule has 0 saturated carbocycles. The summed E-state index contributed by atoms with van der Waals surface area (Å²) >= 11 is 6.09. The molecule has 5 rings (SSSR count). The summed E-state index contributed by atoms with van der Waals surface area (Å²) in [5.41, 5.74) is 1.74. The maximum absolute atomic E-state index is 14.3. The quantitative estimate of drug-likeness (QED) is 0.317. The lowest BCUT2D eigenvalue weighted by Gasteiger charge is -2.30. The predicted octanol–water partition coefficient (Wildman–Crippen LogP) is 6.81. The van der Waals surface area contributed by atoms with Crippen molar-refractivity contribution >= 4 is 35.1 Å². The first-order valence-electron chi connectivity index (χ1n) is 13.0. The summed E-state index contributed by atoms with van der Waals surface area (Å²) in [5.74, 6) is -1.88. The first kappa shape index (κ1) is 27.7. The van der Waals surface area contributed by atoms with Gasteiger partial charge in [0.05, 0.1) is 22.9 Å². The summed E-state index contributed by atoms with van der Waals surface area (Å²) < 4.78 is 41.4. The molecule has 3 aromatic rings. The van der Waals surface area contributed by atoms with Crippen LogP contribution in [0.15, 0.2) is 60.7 Å². The van der Waals surface area contributed by atoms with E-state index in [9.17, 15) is 27.6 Å². The molecule has 208 valence electrons. The number of carbonyl (C=O) groups excluding carboxylic acids is 2. The summed E-state index contributed by atoms with van der Waals surface area (Å²) in [5, 5.41) is 9.47. The first-order valence-corrected chi connectivity index (χ1v) is 13.3. The van der Waals surface area contributed by atoms with E-state index in [1.807, 2.05) is 13.0 Å². The number of amides is 2. The maximum atomic E-state index is 14.3. The fourth-order valence-corrected chi connectivity index (χ4v) is 5.68. The number of rotatable bonds is 7. The number of carbonyl (C=O) groups is 3. The Kier molecular flexibility index (Phi) is 7.35. The Bertz CT molecular complexity index is 1490. The van der Waals surface area contributed by atoms with Crippen molar-refractivity contribution in [2.75, 3.05) is 11.4 Å². The Morgan fingerprint density at radius 2 is 1.68 bits per heavy atom. The highest BCUT2D eigenvalue weighted by molar-refractivity contribution is 6.30. The molecule has 0 radical (unpaired) electrons. The predicted molar refractivity (Wildman–Crippen MR) is 143 cm³/mol. The monoisotopic (exact) mass is 570 g/mol. The third-order valence-electron chi connectivity index (χ3n) is 7.49. The second kappa shape index (κ2) is 10.6. The van der Waals surface area contributed by atoms with Crippen molar-refractivity contribution < 1.29 is 32.7 Å². The van der Waals surface area contributed by atoms with Crippen LogP contribution in [-0.2, 0) is 22.2 Å². The normalized spacial score (nSPS) is 18.3. The fourth-order valence-electron chi connectivity index (χ4n) is 5.55. The van der Waals surface area contributed by atoms with Crippen LogP contribution in [0.5, 0.6) is 0 Å². The van der Waals surface area contributed by atoms with E-state index in [1.54, 1.807) is 36.4 Å². The van der Waals surface area contributed by atoms with E-state index in [4.69, 9.17) is 16.7 Å². The molecular formula is C30H26ClF3N2O4. The minimum absolute atomic E-state index is 0.0696. The zero-order valence-corrected chi connectivity index (χ0v) is 22.3. The number of aliphatic carboxylic acids is 1. The van der Waals surface area contributed by atoms with Gasteiger partial charge in [-0.1, -0.05) is 42.8 Å². The Hall–Kier alpha value is -3.85. The second-order valence-corrected chi connectivity index (χ2v) is 10.4. The molecule has 40 heavy (non-hydrogen) atoms. The highest BCUT2D eigenvalue weighted by atomic mass is 35.5. The van der Waals surface area contributed by atoms with Gasteiger partial charge in [-0.05, 0) is 77.9 Å². The van der Waals surface area contributed by atoms with Gasteiger partial charge in [0, 0.05) is 18.0 Å². The SMILES string of the molecule is CCc1ccc2c(c1)C(=O)N1[C@@H](c3ccc(Cl)cc3)c3cc(C(F)(F)F)ccc3[C@H]1C(=O)N2CCCCC(=O)O. The number of unbranched alkanes of at least 4 members (excludes halogenated alkanes) is 1. The van der Waals surface area contributed by atoms with Gasteiger partial charge >= 0.3 is 12.1 Å². The molecule has 2 amide bonds. The number of alkyl halides is 3. The molecule has 2 atom stereocenters. The molecule has 10 heteroatoms. The average molecular weight is 571 g/mol. The van der Waals surface area contributed by atoms with E-state index in [2.05, 4.69) is 0 Å². The average Bonchev–Trinajstić information content (AvgIpc) is 3.22. The minimum atomic E-state index is -4.62. The zero-order valence-electron chi connectivity index (χ0n) is 21.5. The molecule has 2 aliphatic heterocycles. The van der Waals surface area contributed by atoms with Gasteiger partial charge in [-0.2, -0.15) is 13.2 Å². The van der Waals surface area contributed by atoms with E-state index < -0.39 is 41.6 Å². The number of aryl methyl sites for hydroxylation is 1. The van der Waals surface area contributed by atoms with Gasteiger partial charge in [0.15, 0.2) is 0 Å². The molecule has 0 fully saturated rings. The van der Waals surface area contributed by atoms with Crippen LogP contribution >= 0.6 is 11.6 Å². The van der Waals surface area contributed by atoms with Crippen molar-refractivity contribution in [3.8, 4) is 0 Å². The van der Waals surface area contributed by atoms with Gasteiger partial charge in [0.2, 0.25) is 0 Å². The van der Waals surface area contributed by atoms with Gasteiger partial charge in [-0.25, -0.2) is 0 Å². The van der Waals surface area contributed by atoms with Crippen molar-refractivity contribution in [2.24, 2.45) is 0 Å². The topological polar surface area (TPSA) is 77.9 Å². The number of fused-ring (bicyclic) bond motifs is 4. The second-order valence-electron chi connectivity index (χ2n) is 9.96. The molecule has 0 aromatic heterocycles. The summed E-state index contributed by atoms with van der Waals surface area (Å²) in [7, 11) is 0. The van der Waals surface area contributed by atoms with Crippen molar-refractivity contribution in [3.05, 3.63) is 99.1 Å². The molecule has 0 bridgehead atoms. The minimum Gasteiger partial charge on any atom is -0.481 e. The van der Waals surface area contributed by atoms with Gasteiger partial charge in [-0.3, -0.25) is 14.4 Å². The maximum Gasteiger partial charge on any atom is 0.416 e. The van der Waals surface area contributed by atoms with Crippen molar-refractivity contribution in [2.45, 2.75) is 50.9 Å². The number of carboxylic acid groups (broad SMARTS) is 1. The number of hydrogen-bond donors (Lipinski definition) is 1. The lowest BCUT2D eigenvalue weighted by atomic mass is 9.94. The molecule has 0 unspecified atom stereocenters. The Morgan fingerprint density at radius 3 is 2.33 bits per heavy atom. The van der Waals surface area contributed by atoms with E-state index in [0.717, 1.165) is 17.7 Å². The molecule has 2 aliphatic rings. The summed E-state index contributed by atoms with van der Waals surface area (Å²) in [6.07, 6.45) is -3.37. The Balaban J connectivity index is 1.69. The van der Waals surface area contributed by atoms with Crippen molar-refractivity contribution in [3.63, 3.8) is 0 Å². The van der Waals surface area contributed by atoms with Crippen molar-refractivity contribution in [1.29, 1.82) is 0 Å². The number of nitrogens with zero attached hydrogens (tertiary/aromatic N) is 2. The lowest BCUT2D eigenvalue weighted by molar-refractivity contribution is -0.138. The first-order chi connectivity index (χ1) is 19.0. The highest BCUT2D eigenvalue weighted by Gasteiger charge is 2.50. The molecule has 0 aliphatic carbocycles. The fraction of sp³-hybridized carbons (Fsp3) is 0.300.